The third-order valence-corrected chi connectivity index (χ3v) is 6.34. The van der Waals surface area contributed by atoms with E-state index in [2.05, 4.69) is 27.1 Å². The maximum absolute atomic E-state index is 12.8. The molecule has 0 bridgehead atoms. The Hall–Kier alpha value is -1.53. The molecule has 24 heavy (non-hydrogen) atoms. The van der Waals surface area contributed by atoms with E-state index in [0.717, 1.165) is 64.1 Å². The van der Waals surface area contributed by atoms with Crippen molar-refractivity contribution in [3.63, 3.8) is 0 Å². The average molecular weight is 344 g/mol. The molecule has 4 rings (SSSR count). The van der Waals surface area contributed by atoms with E-state index in [1.807, 2.05) is 13.8 Å². The molecule has 2 aliphatic rings. The van der Waals surface area contributed by atoms with Gasteiger partial charge in [-0.25, -0.2) is 9.97 Å². The molecule has 0 spiro atoms. The highest BCUT2D eigenvalue weighted by molar-refractivity contribution is 7.20. The number of carbonyl (C=O) groups excluding carboxylic acids is 1. The second-order valence-electron chi connectivity index (χ2n) is 7.00. The van der Waals surface area contributed by atoms with E-state index < -0.39 is 0 Å². The van der Waals surface area contributed by atoms with Crippen molar-refractivity contribution in [1.82, 2.24) is 20.2 Å². The smallest absolute Gasteiger partial charge is 0.261 e. The van der Waals surface area contributed by atoms with Gasteiger partial charge >= 0.3 is 0 Å². The number of aromatic nitrogens is 2. The van der Waals surface area contributed by atoms with E-state index in [4.69, 9.17) is 0 Å². The van der Waals surface area contributed by atoms with Gasteiger partial charge in [0.25, 0.3) is 5.91 Å². The molecular formula is C18H24N4OS. The number of hydrogen-bond donors (Lipinski definition) is 1. The molecule has 1 N–H and O–H groups in total. The average Bonchev–Trinajstić information content (AvgIpc) is 3.21. The van der Waals surface area contributed by atoms with Gasteiger partial charge in [0.2, 0.25) is 0 Å². The Kier molecular flexibility index (Phi) is 4.04. The summed E-state index contributed by atoms with van der Waals surface area (Å²) >= 11 is 1.50. The molecule has 1 saturated heterocycles. The maximum atomic E-state index is 12.8. The molecular weight excluding hydrogens is 320 g/mol. The molecule has 6 heteroatoms. The summed E-state index contributed by atoms with van der Waals surface area (Å²) in [5.41, 5.74) is 2.00. The van der Waals surface area contributed by atoms with Gasteiger partial charge < -0.3 is 5.32 Å². The van der Waals surface area contributed by atoms with Crippen molar-refractivity contribution in [2.75, 3.05) is 13.1 Å². The Morgan fingerprint density at radius 2 is 2.08 bits per heavy atom. The summed E-state index contributed by atoms with van der Waals surface area (Å²) in [4.78, 5) is 26.2. The fourth-order valence-corrected chi connectivity index (χ4v) is 4.85. The Balaban J connectivity index is 1.55. The molecule has 1 atom stereocenters. The quantitative estimate of drug-likeness (QED) is 0.926. The van der Waals surface area contributed by atoms with Crippen LogP contribution in [0.3, 0.4) is 0 Å². The van der Waals surface area contributed by atoms with Crippen molar-refractivity contribution >= 4 is 27.5 Å². The van der Waals surface area contributed by atoms with Gasteiger partial charge in [-0.05, 0) is 38.7 Å². The summed E-state index contributed by atoms with van der Waals surface area (Å²) in [6, 6.07) is 1.06. The molecule has 2 fully saturated rings. The van der Waals surface area contributed by atoms with Gasteiger partial charge in [-0.1, -0.05) is 6.92 Å². The van der Waals surface area contributed by atoms with Crippen LogP contribution in [0.1, 0.15) is 52.9 Å². The zero-order valence-electron chi connectivity index (χ0n) is 14.6. The summed E-state index contributed by atoms with van der Waals surface area (Å²) in [5, 5.41) is 4.29. The highest BCUT2D eigenvalue weighted by Crippen LogP contribution is 2.32. The van der Waals surface area contributed by atoms with Crippen molar-refractivity contribution < 1.29 is 4.79 Å². The number of hydrogen-bond acceptors (Lipinski definition) is 5. The maximum Gasteiger partial charge on any atom is 0.261 e. The van der Waals surface area contributed by atoms with Crippen molar-refractivity contribution in [3.05, 3.63) is 22.0 Å². The number of aryl methyl sites for hydroxylation is 3. The molecule has 1 unspecified atom stereocenters. The normalized spacial score (nSPS) is 21.5. The first kappa shape index (κ1) is 16.0. The van der Waals surface area contributed by atoms with Crippen LogP contribution in [0.4, 0.5) is 0 Å². The summed E-state index contributed by atoms with van der Waals surface area (Å²) in [7, 11) is 0. The lowest BCUT2D eigenvalue weighted by Gasteiger charge is -2.15. The van der Waals surface area contributed by atoms with Gasteiger partial charge in [0.05, 0.1) is 4.88 Å². The first-order valence-corrected chi connectivity index (χ1v) is 9.70. The number of likely N-dealkylation sites (tertiary alicyclic amines) is 1. The van der Waals surface area contributed by atoms with Gasteiger partial charge in [0.1, 0.15) is 10.7 Å². The van der Waals surface area contributed by atoms with Crippen LogP contribution in [0, 0.1) is 13.8 Å². The second-order valence-corrected chi connectivity index (χ2v) is 8.00. The predicted molar refractivity (Wildman–Crippen MR) is 96.7 cm³/mol. The van der Waals surface area contributed by atoms with E-state index in [9.17, 15) is 4.79 Å². The van der Waals surface area contributed by atoms with Crippen LogP contribution in [0.5, 0.6) is 0 Å². The predicted octanol–water partition coefficient (Wildman–Crippen LogP) is 2.84. The summed E-state index contributed by atoms with van der Waals surface area (Å²) in [5.74, 6) is 0.902. The Morgan fingerprint density at radius 1 is 1.29 bits per heavy atom. The number of rotatable bonds is 4. The van der Waals surface area contributed by atoms with Crippen molar-refractivity contribution in [1.29, 1.82) is 0 Å². The van der Waals surface area contributed by atoms with Gasteiger partial charge in [-0.2, -0.15) is 0 Å². The molecule has 128 valence electrons. The molecule has 2 aromatic rings. The molecule has 1 amide bonds. The van der Waals surface area contributed by atoms with Crippen molar-refractivity contribution in [2.24, 2.45) is 0 Å². The SMILES string of the molecule is CCc1nc(C)c2c(C)c(C(=O)NC3CCN(C4CC4)C3)sc2n1. The van der Waals surface area contributed by atoms with Crippen LogP contribution in [-0.2, 0) is 6.42 Å². The minimum absolute atomic E-state index is 0.0515. The van der Waals surface area contributed by atoms with E-state index in [1.165, 1.54) is 24.2 Å². The topological polar surface area (TPSA) is 58.1 Å². The first-order chi connectivity index (χ1) is 11.6. The lowest BCUT2D eigenvalue weighted by atomic mass is 10.1. The Morgan fingerprint density at radius 3 is 2.79 bits per heavy atom. The van der Waals surface area contributed by atoms with Gasteiger partial charge in [-0.3, -0.25) is 9.69 Å². The fourth-order valence-electron chi connectivity index (χ4n) is 3.70. The molecule has 3 heterocycles. The number of amides is 1. The standard InChI is InChI=1S/C18H24N4OS/c1-4-14-19-11(3)15-10(2)16(24-18(15)21-14)17(23)20-12-7-8-22(9-12)13-5-6-13/h12-13H,4-9H2,1-3H3,(H,20,23). The summed E-state index contributed by atoms with van der Waals surface area (Å²) < 4.78 is 0. The van der Waals surface area contributed by atoms with E-state index in [0.29, 0.717) is 0 Å². The van der Waals surface area contributed by atoms with E-state index in [1.54, 1.807) is 0 Å². The second kappa shape index (κ2) is 6.08. The largest absolute Gasteiger partial charge is 0.347 e. The summed E-state index contributed by atoms with van der Waals surface area (Å²) in [6.45, 7) is 8.20. The highest BCUT2D eigenvalue weighted by atomic mass is 32.1. The lowest BCUT2D eigenvalue weighted by molar-refractivity contribution is 0.0941. The Labute approximate surface area is 146 Å². The van der Waals surface area contributed by atoms with E-state index in [-0.39, 0.29) is 11.9 Å². The van der Waals surface area contributed by atoms with E-state index >= 15 is 0 Å². The highest BCUT2D eigenvalue weighted by Gasteiger charge is 2.35. The van der Waals surface area contributed by atoms with Crippen LogP contribution in [0.2, 0.25) is 0 Å². The number of nitrogens with one attached hydrogen (secondary N) is 1. The minimum atomic E-state index is 0.0515. The van der Waals surface area contributed by atoms with Gasteiger partial charge in [0, 0.05) is 42.7 Å². The van der Waals surface area contributed by atoms with Crippen molar-refractivity contribution in [3.8, 4) is 0 Å². The molecule has 1 aliphatic carbocycles. The van der Waals surface area contributed by atoms with Crippen LogP contribution in [-0.4, -0.2) is 45.9 Å². The fraction of sp³-hybridized carbons (Fsp3) is 0.611. The molecule has 0 radical (unpaired) electrons. The monoisotopic (exact) mass is 344 g/mol. The third kappa shape index (κ3) is 2.82. The number of thiophene rings is 1. The molecule has 1 saturated carbocycles. The molecule has 0 aromatic carbocycles. The first-order valence-electron chi connectivity index (χ1n) is 8.88. The molecule has 5 nitrogen and oxygen atoms in total. The number of nitrogens with zero attached hydrogens (tertiary/aromatic N) is 3. The minimum Gasteiger partial charge on any atom is -0.347 e. The number of fused-ring (bicyclic) bond motifs is 1. The van der Waals surface area contributed by atoms with Crippen LogP contribution in [0.25, 0.3) is 10.2 Å². The molecule has 1 aliphatic heterocycles. The van der Waals surface area contributed by atoms with Crippen molar-refractivity contribution in [2.45, 2.75) is 58.5 Å². The van der Waals surface area contributed by atoms with Crippen LogP contribution in [0.15, 0.2) is 0 Å². The van der Waals surface area contributed by atoms with Crippen LogP contribution >= 0.6 is 11.3 Å². The molecule has 2 aromatic heterocycles. The lowest BCUT2D eigenvalue weighted by Crippen LogP contribution is -2.37. The van der Waals surface area contributed by atoms with Crippen LogP contribution < -0.4 is 5.32 Å². The Bertz CT molecular complexity index is 796. The summed E-state index contributed by atoms with van der Waals surface area (Å²) in [6.07, 6.45) is 4.53. The zero-order valence-corrected chi connectivity index (χ0v) is 15.4. The van der Waals surface area contributed by atoms with Gasteiger partial charge in [0.15, 0.2) is 0 Å². The zero-order chi connectivity index (χ0) is 16.8. The number of carbonyl (C=O) groups is 1. The third-order valence-electron chi connectivity index (χ3n) is 5.16. The van der Waals surface area contributed by atoms with Gasteiger partial charge in [-0.15, -0.1) is 11.3 Å².